The molecule has 10 heteroatoms. The highest BCUT2D eigenvalue weighted by atomic mass is 19.4. The summed E-state index contributed by atoms with van der Waals surface area (Å²) in [4.78, 5) is 25.4. The minimum atomic E-state index is -4.41. The van der Waals surface area contributed by atoms with Crippen molar-refractivity contribution in [2.75, 3.05) is 19.7 Å². The normalized spacial score (nSPS) is 11.0. The van der Waals surface area contributed by atoms with Gasteiger partial charge in [-0.1, -0.05) is 6.07 Å². The Hall–Kier alpha value is -2.52. The van der Waals surface area contributed by atoms with Crippen LogP contribution in [0.2, 0.25) is 0 Å². The molecule has 0 aliphatic heterocycles. The third kappa shape index (κ3) is 9.49. The second kappa shape index (κ2) is 9.58. The summed E-state index contributed by atoms with van der Waals surface area (Å²) in [5.74, 6) is -1.05. The number of hydrogen-bond acceptors (Lipinski definition) is 4. The summed E-state index contributed by atoms with van der Waals surface area (Å²) < 4.78 is 40.4. The van der Waals surface area contributed by atoms with Crippen LogP contribution >= 0.6 is 0 Å². The lowest BCUT2D eigenvalue weighted by atomic mass is 10.2. The first-order valence-electron chi connectivity index (χ1n) is 7.14. The summed E-state index contributed by atoms with van der Waals surface area (Å²) >= 11 is 0. The van der Waals surface area contributed by atoms with E-state index in [4.69, 9.17) is 5.11 Å². The Balaban J connectivity index is 2.20. The standard InChI is InChI=1S/C14H18F3N3O4/c15-14(16,17)9-24-11-4-3-10(8-20-11)5-7-19-13(23)18-6-1-2-12(21)22/h3-4,8H,1-2,5-7,9H2,(H,21,22)(H2,18,19,23). The highest BCUT2D eigenvalue weighted by molar-refractivity contribution is 5.73. The molecule has 0 saturated heterocycles. The van der Waals surface area contributed by atoms with E-state index in [0.29, 0.717) is 19.4 Å². The lowest BCUT2D eigenvalue weighted by molar-refractivity contribution is -0.154. The molecule has 0 radical (unpaired) electrons. The van der Waals surface area contributed by atoms with Gasteiger partial charge in [-0.2, -0.15) is 13.2 Å². The van der Waals surface area contributed by atoms with E-state index in [-0.39, 0.29) is 18.8 Å². The molecular formula is C14H18F3N3O4. The molecule has 1 heterocycles. The molecule has 0 aliphatic carbocycles. The molecule has 0 atom stereocenters. The number of carboxylic acids is 1. The molecular weight excluding hydrogens is 331 g/mol. The van der Waals surface area contributed by atoms with Gasteiger partial charge in [0.15, 0.2) is 6.61 Å². The molecule has 0 bridgehead atoms. The Bertz CT molecular complexity index is 535. The summed E-state index contributed by atoms with van der Waals surface area (Å²) in [5.41, 5.74) is 0.723. The topological polar surface area (TPSA) is 101 Å². The fourth-order valence-electron chi connectivity index (χ4n) is 1.62. The Labute approximate surface area is 136 Å². The first kappa shape index (κ1) is 19.5. The number of aliphatic carboxylic acids is 1. The molecule has 7 nitrogen and oxygen atoms in total. The molecule has 3 N–H and O–H groups in total. The Morgan fingerprint density at radius 3 is 2.50 bits per heavy atom. The predicted octanol–water partition coefficient (Wildman–Crippen LogP) is 1.73. The van der Waals surface area contributed by atoms with Crippen molar-refractivity contribution in [3.8, 4) is 5.88 Å². The predicted molar refractivity (Wildman–Crippen MR) is 77.8 cm³/mol. The van der Waals surface area contributed by atoms with E-state index in [9.17, 15) is 22.8 Å². The molecule has 0 aromatic carbocycles. The first-order valence-corrected chi connectivity index (χ1v) is 7.14. The van der Waals surface area contributed by atoms with Crippen LogP contribution < -0.4 is 15.4 Å². The van der Waals surface area contributed by atoms with Crippen LogP contribution in [0, 0.1) is 0 Å². The van der Waals surface area contributed by atoms with Crippen LogP contribution in [-0.2, 0) is 11.2 Å². The maximum absolute atomic E-state index is 12.0. The van der Waals surface area contributed by atoms with Gasteiger partial charge in [0, 0.05) is 31.8 Å². The van der Waals surface area contributed by atoms with E-state index in [1.54, 1.807) is 6.07 Å². The third-order valence-corrected chi connectivity index (χ3v) is 2.73. The number of aromatic nitrogens is 1. The zero-order valence-electron chi connectivity index (χ0n) is 12.7. The van der Waals surface area contributed by atoms with Crippen molar-refractivity contribution >= 4 is 12.0 Å². The van der Waals surface area contributed by atoms with Crippen LogP contribution in [0.4, 0.5) is 18.0 Å². The third-order valence-electron chi connectivity index (χ3n) is 2.73. The van der Waals surface area contributed by atoms with Crippen LogP contribution in [0.3, 0.4) is 0 Å². The Morgan fingerprint density at radius 2 is 1.92 bits per heavy atom. The lowest BCUT2D eigenvalue weighted by Gasteiger charge is -2.09. The number of carboxylic acid groups (broad SMARTS) is 1. The molecule has 0 unspecified atom stereocenters. The number of urea groups is 1. The number of alkyl halides is 3. The van der Waals surface area contributed by atoms with E-state index in [0.717, 1.165) is 5.56 Å². The van der Waals surface area contributed by atoms with E-state index in [1.165, 1.54) is 12.3 Å². The quantitative estimate of drug-likeness (QED) is 0.590. The second-order valence-electron chi connectivity index (χ2n) is 4.84. The van der Waals surface area contributed by atoms with Crippen molar-refractivity contribution in [3.63, 3.8) is 0 Å². The molecule has 0 aliphatic rings. The van der Waals surface area contributed by atoms with Gasteiger partial charge in [0.2, 0.25) is 5.88 Å². The van der Waals surface area contributed by atoms with E-state index in [2.05, 4.69) is 20.4 Å². The van der Waals surface area contributed by atoms with E-state index >= 15 is 0 Å². The number of halogens is 3. The van der Waals surface area contributed by atoms with Gasteiger partial charge in [0.05, 0.1) is 0 Å². The number of nitrogens with one attached hydrogen (secondary N) is 2. The summed E-state index contributed by atoms with van der Waals surface area (Å²) in [6.07, 6.45) is -2.28. The van der Waals surface area contributed by atoms with Crippen LogP contribution in [0.25, 0.3) is 0 Å². The fraction of sp³-hybridized carbons (Fsp3) is 0.500. The summed E-state index contributed by atoms with van der Waals surface area (Å²) in [6, 6.07) is 2.47. The maximum atomic E-state index is 12.0. The monoisotopic (exact) mass is 349 g/mol. The van der Waals surface area contributed by atoms with Gasteiger partial charge in [-0.05, 0) is 18.4 Å². The summed E-state index contributed by atoms with van der Waals surface area (Å²) in [5, 5.41) is 13.5. The smallest absolute Gasteiger partial charge is 0.422 e. The number of carbonyl (C=O) groups excluding carboxylic acids is 1. The molecule has 2 amide bonds. The molecule has 1 rings (SSSR count). The molecule has 24 heavy (non-hydrogen) atoms. The minimum absolute atomic E-state index is 0.0191. The van der Waals surface area contributed by atoms with Crippen molar-refractivity contribution in [3.05, 3.63) is 23.9 Å². The van der Waals surface area contributed by atoms with Crippen LogP contribution in [0.1, 0.15) is 18.4 Å². The van der Waals surface area contributed by atoms with Gasteiger partial charge in [0.1, 0.15) is 0 Å². The van der Waals surface area contributed by atoms with Gasteiger partial charge in [-0.3, -0.25) is 4.79 Å². The van der Waals surface area contributed by atoms with E-state index < -0.39 is 24.8 Å². The van der Waals surface area contributed by atoms with Gasteiger partial charge >= 0.3 is 18.2 Å². The number of rotatable bonds is 9. The molecule has 134 valence electrons. The molecule has 0 saturated carbocycles. The van der Waals surface area contributed by atoms with Crippen molar-refractivity contribution in [2.45, 2.75) is 25.4 Å². The largest absolute Gasteiger partial charge is 0.481 e. The Morgan fingerprint density at radius 1 is 1.21 bits per heavy atom. The molecule has 1 aromatic heterocycles. The number of amides is 2. The van der Waals surface area contributed by atoms with Crippen molar-refractivity contribution in [2.24, 2.45) is 0 Å². The average Bonchev–Trinajstić information content (AvgIpc) is 2.50. The van der Waals surface area contributed by atoms with Gasteiger partial charge < -0.3 is 20.5 Å². The Kier molecular flexibility index (Phi) is 7.80. The number of nitrogens with zero attached hydrogens (tertiary/aromatic N) is 1. The second-order valence-corrected chi connectivity index (χ2v) is 4.84. The van der Waals surface area contributed by atoms with Gasteiger partial charge in [-0.15, -0.1) is 0 Å². The number of carbonyl (C=O) groups is 2. The molecule has 1 aromatic rings. The van der Waals surface area contributed by atoms with Crippen molar-refractivity contribution in [1.29, 1.82) is 0 Å². The highest BCUT2D eigenvalue weighted by Gasteiger charge is 2.28. The van der Waals surface area contributed by atoms with Gasteiger partial charge in [-0.25, -0.2) is 9.78 Å². The number of pyridine rings is 1. The fourth-order valence-corrected chi connectivity index (χ4v) is 1.62. The summed E-state index contributed by atoms with van der Waals surface area (Å²) in [6.45, 7) is -0.844. The van der Waals surface area contributed by atoms with Crippen LogP contribution in [0.15, 0.2) is 18.3 Å². The highest BCUT2D eigenvalue weighted by Crippen LogP contribution is 2.17. The molecule has 0 fully saturated rings. The van der Waals surface area contributed by atoms with Crippen LogP contribution in [-0.4, -0.2) is 48.0 Å². The van der Waals surface area contributed by atoms with Gasteiger partial charge in [0.25, 0.3) is 0 Å². The van der Waals surface area contributed by atoms with Crippen LogP contribution in [0.5, 0.6) is 5.88 Å². The zero-order chi connectivity index (χ0) is 18.0. The minimum Gasteiger partial charge on any atom is -0.481 e. The van der Waals surface area contributed by atoms with Crippen molar-refractivity contribution < 1.29 is 32.6 Å². The summed E-state index contributed by atoms with van der Waals surface area (Å²) in [7, 11) is 0. The number of hydrogen-bond donors (Lipinski definition) is 3. The van der Waals surface area contributed by atoms with E-state index in [1.807, 2.05) is 0 Å². The maximum Gasteiger partial charge on any atom is 0.422 e. The first-order chi connectivity index (χ1) is 11.3. The SMILES string of the molecule is O=C(O)CCCNC(=O)NCCc1ccc(OCC(F)(F)F)nc1. The molecule has 0 spiro atoms. The lowest BCUT2D eigenvalue weighted by Crippen LogP contribution is -2.37. The van der Waals surface area contributed by atoms with Crippen molar-refractivity contribution in [1.82, 2.24) is 15.6 Å². The average molecular weight is 349 g/mol. The zero-order valence-corrected chi connectivity index (χ0v) is 12.7. The number of ether oxygens (including phenoxy) is 1.